The maximum absolute atomic E-state index is 11.4. The Morgan fingerprint density at radius 2 is 2.05 bits per heavy atom. The molecule has 0 aromatic heterocycles. The molecule has 0 saturated carbocycles. The van der Waals surface area contributed by atoms with Crippen LogP contribution in [0.3, 0.4) is 0 Å². The maximum atomic E-state index is 11.4. The average molecular weight is 288 g/mol. The van der Waals surface area contributed by atoms with Crippen LogP contribution < -0.4 is 21.7 Å². The lowest BCUT2D eigenvalue weighted by molar-refractivity contribution is -0.119. The molecular formula is C15H20N4O2. The molecule has 0 unspecified atom stereocenters. The molecule has 1 fully saturated rings. The number of rotatable bonds is 3. The topological polar surface area (TPSA) is 101 Å². The normalized spacial score (nSPS) is 18.5. The second-order valence-corrected chi connectivity index (χ2v) is 5.89. The highest BCUT2D eigenvalue weighted by Crippen LogP contribution is 2.35. The van der Waals surface area contributed by atoms with Gasteiger partial charge in [0.05, 0.1) is 17.8 Å². The minimum absolute atomic E-state index is 0.0155. The molecule has 112 valence electrons. The molecule has 0 radical (unpaired) electrons. The highest BCUT2D eigenvalue weighted by Gasteiger charge is 2.25. The Labute approximate surface area is 123 Å². The van der Waals surface area contributed by atoms with Crippen molar-refractivity contribution in [3.63, 3.8) is 0 Å². The quantitative estimate of drug-likeness (QED) is 0.718. The summed E-state index contributed by atoms with van der Waals surface area (Å²) >= 11 is 0. The van der Waals surface area contributed by atoms with Crippen molar-refractivity contribution >= 4 is 28.9 Å². The number of nitrogens with two attached hydrogens (primary N) is 2. The van der Waals surface area contributed by atoms with Crippen LogP contribution in [0.2, 0.25) is 0 Å². The molecule has 0 aliphatic carbocycles. The standard InChI is InChI=1S/C15H20N4O2/c16-11-6-10-7-15(21)18-12(10)8-13(11)19-3-1-9(2-4-19)5-14(17)20/h6,8-9H,1-5,7,16H2,(H2,17,20)(H,18,21). The van der Waals surface area contributed by atoms with Crippen LogP contribution in [-0.2, 0) is 16.0 Å². The van der Waals surface area contributed by atoms with E-state index >= 15 is 0 Å². The third-order valence-corrected chi connectivity index (χ3v) is 4.32. The maximum Gasteiger partial charge on any atom is 0.228 e. The Bertz CT molecular complexity index is 592. The first-order valence-electron chi connectivity index (χ1n) is 7.28. The summed E-state index contributed by atoms with van der Waals surface area (Å²) in [5.74, 6) is 0.157. The lowest BCUT2D eigenvalue weighted by Gasteiger charge is -2.34. The number of primary amides is 1. The fraction of sp³-hybridized carbons (Fsp3) is 0.467. The van der Waals surface area contributed by atoms with Gasteiger partial charge < -0.3 is 21.7 Å². The molecular weight excluding hydrogens is 268 g/mol. The van der Waals surface area contributed by atoms with E-state index in [4.69, 9.17) is 11.5 Å². The van der Waals surface area contributed by atoms with E-state index in [1.807, 2.05) is 12.1 Å². The summed E-state index contributed by atoms with van der Waals surface area (Å²) in [5.41, 5.74) is 14.9. The molecule has 2 aliphatic heterocycles. The number of nitrogens with one attached hydrogen (secondary N) is 1. The van der Waals surface area contributed by atoms with E-state index < -0.39 is 0 Å². The van der Waals surface area contributed by atoms with Gasteiger partial charge in [-0.05, 0) is 36.5 Å². The van der Waals surface area contributed by atoms with Crippen LogP contribution in [0.15, 0.2) is 12.1 Å². The van der Waals surface area contributed by atoms with Gasteiger partial charge in [0.15, 0.2) is 0 Å². The summed E-state index contributed by atoms with van der Waals surface area (Å²) in [7, 11) is 0. The van der Waals surface area contributed by atoms with Crippen molar-refractivity contribution < 1.29 is 9.59 Å². The number of benzene rings is 1. The molecule has 0 spiro atoms. The minimum atomic E-state index is -0.229. The van der Waals surface area contributed by atoms with E-state index in [1.54, 1.807) is 0 Å². The van der Waals surface area contributed by atoms with Gasteiger partial charge in [0.1, 0.15) is 0 Å². The van der Waals surface area contributed by atoms with E-state index in [9.17, 15) is 9.59 Å². The molecule has 5 N–H and O–H groups in total. The number of nitrogens with zero attached hydrogens (tertiary/aromatic N) is 1. The molecule has 0 atom stereocenters. The van der Waals surface area contributed by atoms with Crippen LogP contribution in [0, 0.1) is 5.92 Å². The van der Waals surface area contributed by atoms with Crippen molar-refractivity contribution in [2.24, 2.45) is 11.7 Å². The SMILES string of the molecule is NC(=O)CC1CCN(c2cc3c(cc2N)CC(=O)N3)CC1. The Balaban J connectivity index is 1.73. The molecule has 0 bridgehead atoms. The van der Waals surface area contributed by atoms with E-state index in [-0.39, 0.29) is 11.8 Å². The van der Waals surface area contributed by atoms with Crippen LogP contribution >= 0.6 is 0 Å². The Hall–Kier alpha value is -2.24. The highest BCUT2D eigenvalue weighted by molar-refractivity contribution is 6.00. The van der Waals surface area contributed by atoms with E-state index in [0.717, 1.165) is 42.9 Å². The second-order valence-electron chi connectivity index (χ2n) is 5.89. The predicted molar refractivity (Wildman–Crippen MR) is 81.9 cm³/mol. The van der Waals surface area contributed by atoms with E-state index in [1.165, 1.54) is 0 Å². The Morgan fingerprint density at radius 1 is 1.33 bits per heavy atom. The van der Waals surface area contributed by atoms with Gasteiger partial charge in [0, 0.05) is 25.2 Å². The average Bonchev–Trinajstić information content (AvgIpc) is 2.77. The van der Waals surface area contributed by atoms with Gasteiger partial charge in [-0.3, -0.25) is 9.59 Å². The first-order chi connectivity index (χ1) is 10.0. The zero-order valence-corrected chi connectivity index (χ0v) is 11.9. The van der Waals surface area contributed by atoms with Crippen molar-refractivity contribution in [3.8, 4) is 0 Å². The summed E-state index contributed by atoms with van der Waals surface area (Å²) < 4.78 is 0. The minimum Gasteiger partial charge on any atom is -0.397 e. The van der Waals surface area contributed by atoms with Crippen molar-refractivity contribution in [2.75, 3.05) is 29.0 Å². The van der Waals surface area contributed by atoms with Crippen molar-refractivity contribution in [2.45, 2.75) is 25.7 Å². The van der Waals surface area contributed by atoms with Crippen molar-refractivity contribution in [1.82, 2.24) is 0 Å². The highest BCUT2D eigenvalue weighted by atomic mass is 16.2. The number of hydrogen-bond donors (Lipinski definition) is 3. The monoisotopic (exact) mass is 288 g/mol. The molecule has 2 heterocycles. The smallest absolute Gasteiger partial charge is 0.228 e. The number of nitrogen functional groups attached to an aromatic ring is 1. The van der Waals surface area contributed by atoms with Crippen LogP contribution in [-0.4, -0.2) is 24.9 Å². The molecule has 21 heavy (non-hydrogen) atoms. The summed E-state index contributed by atoms with van der Waals surface area (Å²) in [4.78, 5) is 24.6. The zero-order chi connectivity index (χ0) is 15.0. The number of piperidine rings is 1. The molecule has 3 rings (SSSR count). The predicted octanol–water partition coefficient (Wildman–Crippen LogP) is 0.855. The number of amides is 2. The molecule has 2 amide bonds. The van der Waals surface area contributed by atoms with Gasteiger partial charge in [-0.25, -0.2) is 0 Å². The molecule has 2 aliphatic rings. The number of carbonyl (C=O) groups is 2. The zero-order valence-electron chi connectivity index (χ0n) is 11.9. The Kier molecular flexibility index (Phi) is 3.45. The van der Waals surface area contributed by atoms with Gasteiger partial charge in [0.25, 0.3) is 0 Å². The number of hydrogen-bond acceptors (Lipinski definition) is 4. The first kappa shape index (κ1) is 13.7. The number of anilines is 3. The van der Waals surface area contributed by atoms with E-state index in [0.29, 0.717) is 24.4 Å². The molecule has 1 aromatic carbocycles. The Morgan fingerprint density at radius 3 is 2.71 bits per heavy atom. The summed E-state index contributed by atoms with van der Waals surface area (Å²) in [5, 5.41) is 2.86. The van der Waals surface area contributed by atoms with E-state index in [2.05, 4.69) is 10.2 Å². The number of fused-ring (bicyclic) bond motifs is 1. The van der Waals surface area contributed by atoms with Gasteiger partial charge in [-0.2, -0.15) is 0 Å². The van der Waals surface area contributed by atoms with Crippen molar-refractivity contribution in [3.05, 3.63) is 17.7 Å². The fourth-order valence-corrected chi connectivity index (χ4v) is 3.22. The van der Waals surface area contributed by atoms with Crippen molar-refractivity contribution in [1.29, 1.82) is 0 Å². The third-order valence-electron chi connectivity index (χ3n) is 4.32. The van der Waals surface area contributed by atoms with Crippen LogP contribution in [0.1, 0.15) is 24.8 Å². The summed E-state index contributed by atoms with van der Waals surface area (Å²) in [6.07, 6.45) is 2.74. The number of carbonyl (C=O) groups excluding carboxylic acids is 2. The van der Waals surface area contributed by atoms with Crippen LogP contribution in [0.5, 0.6) is 0 Å². The first-order valence-corrected chi connectivity index (χ1v) is 7.28. The molecule has 1 saturated heterocycles. The van der Waals surface area contributed by atoms with Gasteiger partial charge in [-0.15, -0.1) is 0 Å². The molecule has 6 heteroatoms. The van der Waals surface area contributed by atoms with Gasteiger partial charge >= 0.3 is 0 Å². The molecule has 6 nitrogen and oxygen atoms in total. The largest absolute Gasteiger partial charge is 0.397 e. The third kappa shape index (κ3) is 2.79. The lowest BCUT2D eigenvalue weighted by Crippen LogP contribution is -2.35. The summed E-state index contributed by atoms with van der Waals surface area (Å²) in [6.45, 7) is 1.71. The van der Waals surface area contributed by atoms with Crippen LogP contribution in [0.25, 0.3) is 0 Å². The van der Waals surface area contributed by atoms with Gasteiger partial charge in [0.2, 0.25) is 11.8 Å². The lowest BCUT2D eigenvalue weighted by atomic mass is 9.93. The summed E-state index contributed by atoms with van der Waals surface area (Å²) in [6, 6.07) is 3.85. The second kappa shape index (κ2) is 5.27. The van der Waals surface area contributed by atoms with Crippen LogP contribution in [0.4, 0.5) is 17.1 Å². The molecule has 1 aromatic rings. The van der Waals surface area contributed by atoms with Gasteiger partial charge in [-0.1, -0.05) is 0 Å². The fourth-order valence-electron chi connectivity index (χ4n) is 3.22.